The third kappa shape index (κ3) is 4.60. The molecule has 0 spiro atoms. The Balaban J connectivity index is 1.91. The average molecular weight is 317 g/mol. The minimum atomic E-state index is -0.679. The van der Waals surface area contributed by atoms with Gasteiger partial charge in [-0.3, -0.25) is 30.6 Å². The Morgan fingerprint density at radius 2 is 1.78 bits per heavy atom. The molecule has 118 valence electrons. The molecule has 0 aliphatic carbocycles. The molecule has 23 heavy (non-hydrogen) atoms. The summed E-state index contributed by atoms with van der Waals surface area (Å²) >= 11 is 0. The number of amides is 2. The maximum absolute atomic E-state index is 12.7. The largest absolute Gasteiger partial charge is 0.273 e. The molecule has 0 heterocycles. The first-order valence-corrected chi connectivity index (χ1v) is 6.54. The van der Waals surface area contributed by atoms with Crippen LogP contribution in [0.3, 0.4) is 0 Å². The second-order valence-electron chi connectivity index (χ2n) is 4.61. The average Bonchev–Trinajstić information content (AvgIpc) is 2.55. The second-order valence-corrected chi connectivity index (χ2v) is 4.61. The number of carbonyl (C=O) groups excluding carboxylic acids is 2. The molecule has 0 unspecified atom stereocenters. The summed E-state index contributed by atoms with van der Waals surface area (Å²) in [6, 6.07) is 10.5. The molecule has 2 amide bonds. The van der Waals surface area contributed by atoms with Crippen LogP contribution in [0.15, 0.2) is 48.5 Å². The molecule has 2 aromatic rings. The van der Waals surface area contributed by atoms with Gasteiger partial charge in [0, 0.05) is 17.7 Å². The number of nitro benzene ring substituents is 1. The van der Waals surface area contributed by atoms with E-state index in [-0.39, 0.29) is 17.7 Å². The molecule has 2 rings (SSSR count). The van der Waals surface area contributed by atoms with Crippen molar-refractivity contribution >= 4 is 17.5 Å². The van der Waals surface area contributed by atoms with Gasteiger partial charge in [-0.25, -0.2) is 4.39 Å². The number of hydrogen-bond acceptors (Lipinski definition) is 4. The zero-order valence-electron chi connectivity index (χ0n) is 11.8. The van der Waals surface area contributed by atoms with Crippen molar-refractivity contribution in [3.63, 3.8) is 0 Å². The molecule has 0 aromatic heterocycles. The molecule has 0 radical (unpaired) electrons. The second kappa shape index (κ2) is 7.12. The van der Waals surface area contributed by atoms with Gasteiger partial charge in [0.05, 0.1) is 11.3 Å². The van der Waals surface area contributed by atoms with Gasteiger partial charge in [-0.2, -0.15) is 0 Å². The monoisotopic (exact) mass is 317 g/mol. The van der Waals surface area contributed by atoms with Crippen LogP contribution in [0.5, 0.6) is 0 Å². The Labute approximate surface area is 130 Å². The van der Waals surface area contributed by atoms with Crippen molar-refractivity contribution in [2.24, 2.45) is 0 Å². The molecule has 0 saturated heterocycles. The first-order chi connectivity index (χ1) is 11.0. The van der Waals surface area contributed by atoms with Gasteiger partial charge in [-0.05, 0) is 23.8 Å². The van der Waals surface area contributed by atoms with Crippen LogP contribution in [0.1, 0.15) is 15.9 Å². The molecule has 0 fully saturated rings. The molecule has 0 bridgehead atoms. The minimum absolute atomic E-state index is 0.0429. The van der Waals surface area contributed by atoms with E-state index in [9.17, 15) is 24.1 Å². The molecular formula is C15H12FN3O4. The standard InChI is InChI=1S/C15H12FN3O4/c16-12-6-4-10(5-7-12)8-14(20)17-18-15(21)11-2-1-3-13(9-11)19(22)23/h1-7,9H,8H2,(H,17,20)(H,18,21). The van der Waals surface area contributed by atoms with Crippen molar-refractivity contribution in [1.29, 1.82) is 0 Å². The van der Waals surface area contributed by atoms with Crippen LogP contribution in [0.4, 0.5) is 10.1 Å². The van der Waals surface area contributed by atoms with Crippen molar-refractivity contribution in [3.05, 3.63) is 75.6 Å². The van der Waals surface area contributed by atoms with Gasteiger partial charge < -0.3 is 0 Å². The van der Waals surface area contributed by atoms with Gasteiger partial charge in [-0.1, -0.05) is 18.2 Å². The lowest BCUT2D eigenvalue weighted by Gasteiger charge is -2.07. The van der Waals surface area contributed by atoms with Gasteiger partial charge in [0.15, 0.2) is 0 Å². The molecule has 0 aliphatic heterocycles. The molecule has 2 N–H and O–H groups in total. The maximum atomic E-state index is 12.7. The number of hydrazine groups is 1. The predicted molar refractivity (Wildman–Crippen MR) is 78.8 cm³/mol. The highest BCUT2D eigenvalue weighted by Crippen LogP contribution is 2.12. The number of rotatable bonds is 4. The van der Waals surface area contributed by atoms with Crippen molar-refractivity contribution in [3.8, 4) is 0 Å². The van der Waals surface area contributed by atoms with Gasteiger partial charge >= 0.3 is 0 Å². The molecule has 0 aliphatic rings. The number of hydrogen-bond donors (Lipinski definition) is 2. The highest BCUT2D eigenvalue weighted by atomic mass is 19.1. The maximum Gasteiger partial charge on any atom is 0.270 e. The Bertz CT molecular complexity index is 747. The lowest BCUT2D eigenvalue weighted by atomic mass is 10.1. The number of nitrogens with zero attached hydrogens (tertiary/aromatic N) is 1. The summed E-state index contributed by atoms with van der Waals surface area (Å²) in [6.07, 6.45) is -0.0461. The number of non-ortho nitro benzene ring substituents is 1. The number of carbonyl (C=O) groups is 2. The van der Waals surface area contributed by atoms with Crippen LogP contribution < -0.4 is 10.9 Å². The summed E-state index contributed by atoms with van der Waals surface area (Å²) in [5, 5.41) is 10.6. The number of benzene rings is 2. The Morgan fingerprint density at radius 3 is 2.43 bits per heavy atom. The van der Waals surface area contributed by atoms with Crippen molar-refractivity contribution < 1.29 is 18.9 Å². The SMILES string of the molecule is O=C(Cc1ccc(F)cc1)NNC(=O)c1cccc([N+](=O)[O-])c1. The first kappa shape index (κ1) is 16.1. The quantitative estimate of drug-likeness (QED) is 0.662. The van der Waals surface area contributed by atoms with E-state index >= 15 is 0 Å². The third-order valence-corrected chi connectivity index (χ3v) is 2.91. The minimum Gasteiger partial charge on any atom is -0.273 e. The van der Waals surface area contributed by atoms with Crippen LogP contribution in [0.25, 0.3) is 0 Å². The number of nitro groups is 1. The van der Waals surface area contributed by atoms with E-state index in [4.69, 9.17) is 0 Å². The van der Waals surface area contributed by atoms with E-state index in [0.717, 1.165) is 6.07 Å². The molecule has 7 nitrogen and oxygen atoms in total. The van der Waals surface area contributed by atoms with Crippen LogP contribution >= 0.6 is 0 Å². The van der Waals surface area contributed by atoms with Gasteiger partial charge in [0.2, 0.25) is 5.91 Å². The fourth-order valence-corrected chi connectivity index (χ4v) is 1.79. The fraction of sp³-hybridized carbons (Fsp3) is 0.0667. The Hall–Kier alpha value is -3.29. The summed E-state index contributed by atoms with van der Waals surface area (Å²) in [5.74, 6) is -1.59. The first-order valence-electron chi connectivity index (χ1n) is 6.54. The zero-order valence-corrected chi connectivity index (χ0v) is 11.8. The van der Waals surface area contributed by atoms with Gasteiger partial charge in [0.1, 0.15) is 5.82 Å². The van der Waals surface area contributed by atoms with E-state index in [0.29, 0.717) is 5.56 Å². The molecular weight excluding hydrogens is 305 g/mol. The highest BCUT2D eigenvalue weighted by molar-refractivity contribution is 5.96. The van der Waals surface area contributed by atoms with E-state index in [1.54, 1.807) is 0 Å². The topological polar surface area (TPSA) is 101 Å². The van der Waals surface area contributed by atoms with Crippen molar-refractivity contribution in [2.45, 2.75) is 6.42 Å². The van der Waals surface area contributed by atoms with E-state index in [2.05, 4.69) is 10.9 Å². The van der Waals surface area contributed by atoms with Crippen LogP contribution in [0.2, 0.25) is 0 Å². The number of nitrogens with one attached hydrogen (secondary N) is 2. The zero-order chi connectivity index (χ0) is 16.8. The summed E-state index contributed by atoms with van der Waals surface area (Å²) in [5.41, 5.74) is 4.75. The number of halogens is 1. The summed E-state index contributed by atoms with van der Waals surface area (Å²) < 4.78 is 12.7. The predicted octanol–water partition coefficient (Wildman–Crippen LogP) is 1.74. The normalized spacial score (nSPS) is 9.96. The smallest absolute Gasteiger partial charge is 0.270 e. The summed E-state index contributed by atoms with van der Waals surface area (Å²) in [7, 11) is 0. The molecule has 0 atom stereocenters. The van der Waals surface area contributed by atoms with Crippen molar-refractivity contribution in [2.75, 3.05) is 0 Å². The van der Waals surface area contributed by atoms with Crippen LogP contribution in [0, 0.1) is 15.9 Å². The van der Waals surface area contributed by atoms with E-state index in [1.807, 2.05) is 0 Å². The Morgan fingerprint density at radius 1 is 1.09 bits per heavy atom. The van der Waals surface area contributed by atoms with Gasteiger partial charge in [-0.15, -0.1) is 0 Å². The van der Waals surface area contributed by atoms with Crippen LogP contribution in [-0.2, 0) is 11.2 Å². The molecule has 0 saturated carbocycles. The highest BCUT2D eigenvalue weighted by Gasteiger charge is 2.12. The van der Waals surface area contributed by atoms with E-state index in [1.165, 1.54) is 42.5 Å². The lowest BCUT2D eigenvalue weighted by molar-refractivity contribution is -0.384. The molecule has 2 aromatic carbocycles. The fourth-order valence-electron chi connectivity index (χ4n) is 1.79. The van der Waals surface area contributed by atoms with Crippen molar-refractivity contribution in [1.82, 2.24) is 10.9 Å². The third-order valence-electron chi connectivity index (χ3n) is 2.91. The summed E-state index contributed by atoms with van der Waals surface area (Å²) in [6.45, 7) is 0. The Kier molecular flexibility index (Phi) is 4.98. The lowest BCUT2D eigenvalue weighted by Crippen LogP contribution is -2.42. The van der Waals surface area contributed by atoms with Gasteiger partial charge in [0.25, 0.3) is 11.6 Å². The molecule has 8 heteroatoms. The van der Waals surface area contributed by atoms with E-state index < -0.39 is 22.6 Å². The summed E-state index contributed by atoms with van der Waals surface area (Å²) in [4.78, 5) is 33.5. The van der Waals surface area contributed by atoms with Crippen LogP contribution in [-0.4, -0.2) is 16.7 Å².